The smallest absolute Gasteiger partial charge is 0.131 e. The summed E-state index contributed by atoms with van der Waals surface area (Å²) in [6.45, 7) is 0. The molecule has 76 valence electrons. The fourth-order valence-corrected chi connectivity index (χ4v) is 2.79. The van der Waals surface area contributed by atoms with E-state index in [0.717, 1.165) is 5.82 Å². The maximum Gasteiger partial charge on any atom is 0.131 e. The molecule has 2 rings (SSSR count). The van der Waals surface area contributed by atoms with Crippen molar-refractivity contribution in [3.63, 3.8) is 0 Å². The van der Waals surface area contributed by atoms with Crippen molar-refractivity contribution in [3.05, 3.63) is 23.4 Å². The van der Waals surface area contributed by atoms with E-state index in [9.17, 15) is 0 Å². The Morgan fingerprint density at radius 3 is 3.14 bits per heavy atom. The van der Waals surface area contributed by atoms with Gasteiger partial charge in [-0.05, 0) is 30.7 Å². The van der Waals surface area contributed by atoms with Crippen molar-refractivity contribution in [3.8, 4) is 0 Å². The van der Waals surface area contributed by atoms with Crippen molar-refractivity contribution in [2.24, 2.45) is 0 Å². The first-order valence-electron chi connectivity index (χ1n) is 4.81. The molecule has 1 atom stereocenters. The number of halogens is 1. The minimum atomic E-state index is 0.554. The van der Waals surface area contributed by atoms with Gasteiger partial charge in [-0.25, -0.2) is 4.98 Å². The Hall–Kier alpha value is -0.410. The number of pyridine rings is 1. The van der Waals surface area contributed by atoms with Crippen LogP contribution in [0.4, 0.5) is 5.82 Å². The van der Waals surface area contributed by atoms with Crippen molar-refractivity contribution in [1.82, 2.24) is 4.98 Å². The number of anilines is 1. The zero-order valence-electron chi connectivity index (χ0n) is 7.87. The summed E-state index contributed by atoms with van der Waals surface area (Å²) in [6.07, 6.45) is 2.53. The van der Waals surface area contributed by atoms with Gasteiger partial charge in [-0.1, -0.05) is 17.7 Å². The topological polar surface area (TPSA) is 24.9 Å². The number of hydrogen-bond donors (Lipinski definition) is 1. The highest BCUT2D eigenvalue weighted by molar-refractivity contribution is 7.99. The Bertz CT molecular complexity index is 300. The van der Waals surface area contributed by atoms with E-state index >= 15 is 0 Å². The summed E-state index contributed by atoms with van der Waals surface area (Å²) >= 11 is 7.81. The van der Waals surface area contributed by atoms with Crippen LogP contribution in [0.5, 0.6) is 0 Å². The number of thioether (sulfide) groups is 1. The molecule has 1 aromatic heterocycles. The van der Waals surface area contributed by atoms with Gasteiger partial charge in [0.05, 0.1) is 0 Å². The van der Waals surface area contributed by atoms with Gasteiger partial charge in [0.2, 0.25) is 0 Å². The van der Waals surface area contributed by atoms with Crippen LogP contribution in [-0.2, 0) is 0 Å². The number of nitrogens with one attached hydrogen (secondary N) is 1. The predicted molar refractivity (Wildman–Crippen MR) is 63.2 cm³/mol. The molecule has 1 N–H and O–H groups in total. The fourth-order valence-electron chi connectivity index (χ4n) is 1.55. The molecule has 2 nitrogen and oxygen atoms in total. The largest absolute Gasteiger partial charge is 0.366 e. The van der Waals surface area contributed by atoms with E-state index in [1.165, 1.54) is 24.3 Å². The lowest BCUT2D eigenvalue weighted by Gasteiger charge is -2.22. The molecule has 1 aliphatic heterocycles. The Morgan fingerprint density at radius 1 is 1.50 bits per heavy atom. The highest BCUT2D eigenvalue weighted by Gasteiger charge is 2.13. The molecular weight excluding hydrogens is 216 g/mol. The Morgan fingerprint density at radius 2 is 2.43 bits per heavy atom. The molecule has 0 amide bonds. The first-order chi connectivity index (χ1) is 6.84. The average Bonchev–Trinajstić information content (AvgIpc) is 2.19. The quantitative estimate of drug-likeness (QED) is 0.788. The molecule has 0 aliphatic carbocycles. The second kappa shape index (κ2) is 4.89. The fraction of sp³-hybridized carbons (Fsp3) is 0.500. The summed E-state index contributed by atoms with van der Waals surface area (Å²) in [7, 11) is 0. The second-order valence-electron chi connectivity index (χ2n) is 3.40. The second-order valence-corrected chi connectivity index (χ2v) is 4.94. The van der Waals surface area contributed by atoms with E-state index in [-0.39, 0.29) is 0 Å². The summed E-state index contributed by atoms with van der Waals surface area (Å²) in [5, 5.41) is 3.96. The zero-order valence-corrected chi connectivity index (χ0v) is 9.44. The first-order valence-corrected chi connectivity index (χ1v) is 6.35. The minimum Gasteiger partial charge on any atom is -0.366 e. The standard InChI is InChI=1S/C10H13ClN2S/c11-9-4-1-5-10(13-9)12-8-3-2-6-14-7-8/h1,4-5,8H,2-3,6-7H2,(H,12,13). The first kappa shape index (κ1) is 10.1. The van der Waals surface area contributed by atoms with Crippen LogP contribution in [-0.4, -0.2) is 22.5 Å². The highest BCUT2D eigenvalue weighted by Crippen LogP contribution is 2.20. The Balaban J connectivity index is 1.95. The Labute approximate surface area is 93.4 Å². The molecule has 0 saturated carbocycles. The summed E-state index contributed by atoms with van der Waals surface area (Å²) in [6, 6.07) is 6.24. The molecule has 1 unspecified atom stereocenters. The molecule has 0 radical (unpaired) electrons. The van der Waals surface area contributed by atoms with Crippen LogP contribution < -0.4 is 5.32 Å². The predicted octanol–water partition coefficient (Wildman–Crippen LogP) is 3.04. The number of hydrogen-bond acceptors (Lipinski definition) is 3. The maximum absolute atomic E-state index is 5.81. The van der Waals surface area contributed by atoms with Crippen molar-refractivity contribution in [2.45, 2.75) is 18.9 Å². The third kappa shape index (κ3) is 2.79. The van der Waals surface area contributed by atoms with Gasteiger partial charge in [0.15, 0.2) is 0 Å². The molecule has 1 aromatic rings. The number of aromatic nitrogens is 1. The van der Waals surface area contributed by atoms with E-state index in [0.29, 0.717) is 11.2 Å². The molecule has 2 heterocycles. The molecule has 4 heteroatoms. The van der Waals surface area contributed by atoms with Crippen LogP contribution in [0.2, 0.25) is 5.15 Å². The lowest BCUT2D eigenvalue weighted by atomic mass is 10.2. The minimum absolute atomic E-state index is 0.554. The lowest BCUT2D eigenvalue weighted by molar-refractivity contribution is 0.682. The van der Waals surface area contributed by atoms with Gasteiger partial charge in [0, 0.05) is 11.8 Å². The summed E-state index contributed by atoms with van der Waals surface area (Å²) in [5.41, 5.74) is 0. The van der Waals surface area contributed by atoms with Crippen LogP contribution in [0.3, 0.4) is 0 Å². The van der Waals surface area contributed by atoms with Crippen LogP contribution in [0.1, 0.15) is 12.8 Å². The molecule has 0 bridgehead atoms. The summed E-state index contributed by atoms with van der Waals surface area (Å²) in [4.78, 5) is 4.21. The van der Waals surface area contributed by atoms with Gasteiger partial charge in [0.25, 0.3) is 0 Å². The molecule has 0 aromatic carbocycles. The Kier molecular flexibility index (Phi) is 3.54. The van der Waals surface area contributed by atoms with Gasteiger partial charge < -0.3 is 5.32 Å². The maximum atomic E-state index is 5.81. The van der Waals surface area contributed by atoms with Crippen LogP contribution >= 0.6 is 23.4 Å². The zero-order chi connectivity index (χ0) is 9.80. The molecule has 14 heavy (non-hydrogen) atoms. The lowest BCUT2D eigenvalue weighted by Crippen LogP contribution is -2.26. The van der Waals surface area contributed by atoms with Gasteiger partial charge in [-0.3, -0.25) is 0 Å². The van der Waals surface area contributed by atoms with Crippen LogP contribution in [0, 0.1) is 0 Å². The van der Waals surface area contributed by atoms with Crippen molar-refractivity contribution in [2.75, 3.05) is 16.8 Å². The van der Waals surface area contributed by atoms with Crippen LogP contribution in [0.15, 0.2) is 18.2 Å². The van der Waals surface area contributed by atoms with Gasteiger partial charge >= 0.3 is 0 Å². The molecule has 0 spiro atoms. The van der Waals surface area contributed by atoms with E-state index in [2.05, 4.69) is 10.3 Å². The molecule has 1 fully saturated rings. The monoisotopic (exact) mass is 228 g/mol. The summed E-state index contributed by atoms with van der Waals surface area (Å²) < 4.78 is 0. The van der Waals surface area contributed by atoms with Gasteiger partial charge in [0.1, 0.15) is 11.0 Å². The van der Waals surface area contributed by atoms with Gasteiger partial charge in [-0.2, -0.15) is 11.8 Å². The highest BCUT2D eigenvalue weighted by atomic mass is 35.5. The van der Waals surface area contributed by atoms with E-state index in [1.807, 2.05) is 23.9 Å². The molecular formula is C10H13ClN2S. The van der Waals surface area contributed by atoms with Crippen molar-refractivity contribution in [1.29, 1.82) is 0 Å². The van der Waals surface area contributed by atoms with E-state index < -0.39 is 0 Å². The van der Waals surface area contributed by atoms with E-state index in [4.69, 9.17) is 11.6 Å². The molecule has 1 aliphatic rings. The van der Waals surface area contributed by atoms with E-state index in [1.54, 1.807) is 6.07 Å². The average molecular weight is 229 g/mol. The third-order valence-electron chi connectivity index (χ3n) is 2.23. The number of nitrogens with zero attached hydrogens (tertiary/aromatic N) is 1. The summed E-state index contributed by atoms with van der Waals surface area (Å²) in [5.74, 6) is 3.36. The van der Waals surface area contributed by atoms with Crippen molar-refractivity contribution < 1.29 is 0 Å². The number of rotatable bonds is 2. The normalized spacial score (nSPS) is 21.9. The SMILES string of the molecule is Clc1cccc(NC2CCCSC2)n1. The van der Waals surface area contributed by atoms with Gasteiger partial charge in [-0.15, -0.1) is 0 Å². The third-order valence-corrected chi connectivity index (χ3v) is 3.65. The van der Waals surface area contributed by atoms with Crippen molar-refractivity contribution >= 4 is 29.2 Å². The molecule has 1 saturated heterocycles. The van der Waals surface area contributed by atoms with Crippen LogP contribution in [0.25, 0.3) is 0 Å².